The van der Waals surface area contributed by atoms with E-state index >= 15 is 0 Å². The summed E-state index contributed by atoms with van der Waals surface area (Å²) in [5, 5.41) is 10.2. The highest BCUT2D eigenvalue weighted by molar-refractivity contribution is 5.67. The Hall–Kier alpha value is -2.83. The van der Waals surface area contributed by atoms with Gasteiger partial charge in [0.15, 0.2) is 0 Å². The van der Waals surface area contributed by atoms with Crippen LogP contribution in [0.5, 0.6) is 5.88 Å². The van der Waals surface area contributed by atoms with Gasteiger partial charge in [-0.25, -0.2) is 4.79 Å². The van der Waals surface area contributed by atoms with Crippen LogP contribution in [0.1, 0.15) is 30.4 Å². The molecule has 1 saturated heterocycles. The highest BCUT2D eigenvalue weighted by Gasteiger charge is 2.21. The highest BCUT2D eigenvalue weighted by atomic mass is 16.5. The smallest absolute Gasteiger partial charge is 0.331 e. The molecule has 0 unspecified atom stereocenters. The number of rotatable bonds is 7. The lowest BCUT2D eigenvalue weighted by atomic mass is 9.85. The highest BCUT2D eigenvalue weighted by Crippen LogP contribution is 2.29. The van der Waals surface area contributed by atoms with Gasteiger partial charge < -0.3 is 9.84 Å². The van der Waals surface area contributed by atoms with Crippen LogP contribution in [-0.2, 0) is 24.4 Å². The molecule has 32 heavy (non-hydrogen) atoms. The maximum Gasteiger partial charge on any atom is 0.331 e. The maximum atomic E-state index is 12.7. The zero-order valence-corrected chi connectivity index (χ0v) is 18.4. The van der Waals surface area contributed by atoms with Crippen molar-refractivity contribution in [1.82, 2.24) is 14.0 Å². The van der Waals surface area contributed by atoms with Gasteiger partial charge in [-0.15, -0.1) is 0 Å². The standard InChI is InChI=1S/C26H31N3O3/c30-25-19-28(26(31)29(25)17-20-4-3-5-20)16-21-8-10-22(11-9-21)24-7-2-1-6-23(24)18-27-12-14-32-15-13-27/h1-2,6-11,19-20,30H,3-5,12-18H2. The molecule has 2 heterocycles. The molecule has 5 rings (SSSR count). The number of aromatic hydroxyl groups is 1. The van der Waals surface area contributed by atoms with Crippen LogP contribution in [0.3, 0.4) is 0 Å². The minimum atomic E-state index is -0.130. The summed E-state index contributed by atoms with van der Waals surface area (Å²) in [4.78, 5) is 15.2. The second kappa shape index (κ2) is 9.35. The van der Waals surface area contributed by atoms with Gasteiger partial charge in [0.05, 0.1) is 26.0 Å². The molecule has 1 aromatic heterocycles. The minimum absolute atomic E-state index is 0.0653. The summed E-state index contributed by atoms with van der Waals surface area (Å²) in [7, 11) is 0. The molecular formula is C26H31N3O3. The molecule has 0 radical (unpaired) electrons. The van der Waals surface area contributed by atoms with Gasteiger partial charge in [-0.3, -0.25) is 14.0 Å². The Kier molecular flexibility index (Phi) is 6.14. The Balaban J connectivity index is 1.31. The van der Waals surface area contributed by atoms with Gasteiger partial charge in [-0.05, 0) is 41.0 Å². The monoisotopic (exact) mass is 433 g/mol. The molecule has 3 aromatic rings. The molecule has 2 aliphatic rings. The van der Waals surface area contributed by atoms with Gasteiger partial charge in [0, 0.05) is 26.2 Å². The number of imidazole rings is 1. The lowest BCUT2D eigenvalue weighted by molar-refractivity contribution is 0.0342. The fraction of sp³-hybridized carbons (Fsp3) is 0.423. The summed E-state index contributed by atoms with van der Waals surface area (Å²) in [6.45, 7) is 5.54. The van der Waals surface area contributed by atoms with Crippen molar-refractivity contribution >= 4 is 0 Å². The SMILES string of the molecule is O=c1n(Cc2ccc(-c3ccccc3CN3CCOCC3)cc2)cc(O)n1CC1CCC1. The Labute approximate surface area is 188 Å². The number of ether oxygens (including phenoxy) is 1. The first kappa shape index (κ1) is 21.0. The zero-order chi connectivity index (χ0) is 21.9. The summed E-state index contributed by atoms with van der Waals surface area (Å²) in [5.41, 5.74) is 4.65. The number of benzene rings is 2. The summed E-state index contributed by atoms with van der Waals surface area (Å²) in [6, 6.07) is 17.0. The average molecular weight is 434 g/mol. The van der Waals surface area contributed by atoms with Crippen LogP contribution in [-0.4, -0.2) is 45.4 Å². The van der Waals surface area contributed by atoms with Crippen LogP contribution in [0.25, 0.3) is 11.1 Å². The summed E-state index contributed by atoms with van der Waals surface area (Å²) < 4.78 is 8.60. The van der Waals surface area contributed by atoms with Gasteiger partial charge in [0.25, 0.3) is 0 Å². The van der Waals surface area contributed by atoms with Crippen LogP contribution in [0.15, 0.2) is 59.5 Å². The van der Waals surface area contributed by atoms with Gasteiger partial charge in [-0.1, -0.05) is 55.0 Å². The van der Waals surface area contributed by atoms with E-state index in [0.29, 0.717) is 19.0 Å². The third-order valence-corrected chi connectivity index (χ3v) is 6.82. The van der Waals surface area contributed by atoms with E-state index in [1.54, 1.807) is 10.8 Å². The van der Waals surface area contributed by atoms with Crippen molar-refractivity contribution in [3.05, 3.63) is 76.3 Å². The van der Waals surface area contributed by atoms with E-state index in [2.05, 4.69) is 53.4 Å². The van der Waals surface area contributed by atoms with Crippen LogP contribution in [0, 0.1) is 5.92 Å². The topological polar surface area (TPSA) is 59.6 Å². The third kappa shape index (κ3) is 4.52. The van der Waals surface area contributed by atoms with Crippen molar-refractivity contribution in [3.63, 3.8) is 0 Å². The van der Waals surface area contributed by atoms with Crippen LogP contribution in [0.4, 0.5) is 0 Å². The van der Waals surface area contributed by atoms with Crippen molar-refractivity contribution in [2.24, 2.45) is 5.92 Å². The molecule has 0 amide bonds. The molecule has 1 saturated carbocycles. The average Bonchev–Trinajstić information content (AvgIpc) is 3.05. The largest absolute Gasteiger partial charge is 0.493 e. The quantitative estimate of drug-likeness (QED) is 0.617. The molecule has 6 nitrogen and oxygen atoms in total. The van der Waals surface area contributed by atoms with E-state index in [4.69, 9.17) is 4.74 Å². The molecule has 0 bridgehead atoms. The Morgan fingerprint density at radius 1 is 0.969 bits per heavy atom. The molecule has 1 N–H and O–H groups in total. The first-order valence-electron chi connectivity index (χ1n) is 11.6. The molecule has 0 spiro atoms. The number of hydrogen-bond acceptors (Lipinski definition) is 4. The predicted molar refractivity (Wildman–Crippen MR) is 125 cm³/mol. The third-order valence-electron chi connectivity index (χ3n) is 6.82. The number of nitrogens with zero attached hydrogens (tertiary/aromatic N) is 3. The number of aromatic nitrogens is 2. The van der Waals surface area contributed by atoms with Crippen LogP contribution < -0.4 is 5.69 Å². The van der Waals surface area contributed by atoms with E-state index < -0.39 is 0 Å². The molecule has 2 aromatic carbocycles. The van der Waals surface area contributed by atoms with Gasteiger partial charge in [0.1, 0.15) is 0 Å². The van der Waals surface area contributed by atoms with Gasteiger partial charge in [0.2, 0.25) is 5.88 Å². The molecule has 6 heteroatoms. The van der Waals surface area contributed by atoms with Crippen molar-refractivity contribution in [3.8, 4) is 17.0 Å². The minimum Gasteiger partial charge on any atom is -0.493 e. The van der Waals surface area contributed by atoms with Crippen molar-refractivity contribution < 1.29 is 9.84 Å². The number of morpholine rings is 1. The fourth-order valence-electron chi connectivity index (χ4n) is 4.66. The first-order chi connectivity index (χ1) is 15.7. The zero-order valence-electron chi connectivity index (χ0n) is 18.4. The van der Waals surface area contributed by atoms with Crippen molar-refractivity contribution in [2.45, 2.75) is 38.9 Å². The second-order valence-electron chi connectivity index (χ2n) is 9.05. The Bertz CT molecular complexity index is 1110. The van der Waals surface area contributed by atoms with Crippen LogP contribution in [0.2, 0.25) is 0 Å². The van der Waals surface area contributed by atoms with E-state index in [1.165, 1.54) is 27.7 Å². The molecular weight excluding hydrogens is 402 g/mol. The summed E-state index contributed by atoms with van der Waals surface area (Å²) in [6.07, 6.45) is 5.08. The van der Waals surface area contributed by atoms with Crippen molar-refractivity contribution in [2.75, 3.05) is 26.3 Å². The van der Waals surface area contributed by atoms with E-state index in [-0.39, 0.29) is 11.6 Å². The van der Waals surface area contributed by atoms with Crippen LogP contribution >= 0.6 is 0 Å². The molecule has 0 atom stereocenters. The van der Waals surface area contributed by atoms with E-state index in [1.807, 2.05) is 0 Å². The normalized spacial score (nSPS) is 17.4. The summed E-state index contributed by atoms with van der Waals surface area (Å²) >= 11 is 0. The van der Waals surface area contributed by atoms with Gasteiger partial charge >= 0.3 is 5.69 Å². The fourth-order valence-corrected chi connectivity index (χ4v) is 4.66. The molecule has 1 aliphatic carbocycles. The first-order valence-corrected chi connectivity index (χ1v) is 11.6. The van der Waals surface area contributed by atoms with E-state index in [9.17, 15) is 9.90 Å². The summed E-state index contributed by atoms with van der Waals surface area (Å²) in [5.74, 6) is 0.585. The second-order valence-corrected chi connectivity index (χ2v) is 9.05. The Morgan fingerprint density at radius 2 is 1.72 bits per heavy atom. The lowest BCUT2D eigenvalue weighted by Gasteiger charge is -2.27. The molecule has 2 fully saturated rings. The molecule has 1 aliphatic heterocycles. The van der Waals surface area contributed by atoms with E-state index in [0.717, 1.165) is 51.3 Å². The predicted octanol–water partition coefficient (Wildman–Crippen LogP) is 3.70. The Morgan fingerprint density at radius 3 is 2.44 bits per heavy atom. The molecule has 168 valence electrons. The van der Waals surface area contributed by atoms with Gasteiger partial charge in [-0.2, -0.15) is 0 Å². The van der Waals surface area contributed by atoms with Crippen molar-refractivity contribution in [1.29, 1.82) is 0 Å². The number of hydrogen-bond donors (Lipinski definition) is 1. The lowest BCUT2D eigenvalue weighted by Crippen LogP contribution is -2.35. The maximum absolute atomic E-state index is 12.7.